The van der Waals surface area contributed by atoms with Crippen LogP contribution in [0.5, 0.6) is 17.5 Å². The summed E-state index contributed by atoms with van der Waals surface area (Å²) in [4.78, 5) is 37.8. The van der Waals surface area contributed by atoms with Crippen molar-refractivity contribution >= 4 is 34.7 Å². The Bertz CT molecular complexity index is 1770. The molecule has 12 heteroatoms. The van der Waals surface area contributed by atoms with Crippen molar-refractivity contribution in [3.63, 3.8) is 0 Å². The van der Waals surface area contributed by atoms with Gasteiger partial charge in [0.15, 0.2) is 11.2 Å². The first kappa shape index (κ1) is 30.9. The van der Waals surface area contributed by atoms with Crippen LogP contribution in [0, 0.1) is 5.92 Å². The molecule has 0 radical (unpaired) electrons. The molecule has 2 aromatic carbocycles. The molecule has 3 heterocycles. The number of rotatable bonds is 8. The second-order valence-electron chi connectivity index (χ2n) is 12.9. The van der Waals surface area contributed by atoms with E-state index >= 15 is 0 Å². The summed E-state index contributed by atoms with van der Waals surface area (Å²) in [5.41, 5.74) is 7.01. The lowest BCUT2D eigenvalue weighted by molar-refractivity contribution is -0.166. The molecule has 11 nitrogen and oxygen atoms in total. The quantitative estimate of drug-likeness (QED) is 0.265. The molecular weight excluding hydrogens is 596 g/mol. The first-order chi connectivity index (χ1) is 21.4. The summed E-state index contributed by atoms with van der Waals surface area (Å²) in [6.45, 7) is 7.34. The van der Waals surface area contributed by atoms with Crippen LogP contribution in [-0.4, -0.2) is 55.9 Å². The molecule has 0 unspecified atom stereocenters. The first-order valence-electron chi connectivity index (χ1n) is 15.3. The standard InChI is InChI=1S/C33H39ClN6O5/c1-33(2,3)45-30(42)21-15-25(16-21)43-23-11-7-12-24(17-23)44-32-37-28-27(29(41)38(32)4)40(18-20-9-5-6-13-26(20)34)31(36-28)39-14-8-10-22(35)19-39/h5-7,9,11-13,17,21-22,25H,8,10,14-16,18-19,35H2,1-4H3/t21?,22-,25?/m1/s1. The van der Waals surface area contributed by atoms with Crippen molar-refractivity contribution in [1.82, 2.24) is 19.1 Å². The van der Waals surface area contributed by atoms with E-state index in [0.29, 0.717) is 53.9 Å². The molecule has 1 saturated carbocycles. The van der Waals surface area contributed by atoms with Crippen molar-refractivity contribution in [2.45, 2.75) is 70.7 Å². The highest BCUT2D eigenvalue weighted by molar-refractivity contribution is 6.31. The number of benzene rings is 2. The van der Waals surface area contributed by atoms with Crippen LogP contribution in [0.15, 0.2) is 53.3 Å². The Morgan fingerprint density at radius 2 is 1.84 bits per heavy atom. The lowest BCUT2D eigenvalue weighted by Gasteiger charge is -2.35. The van der Waals surface area contributed by atoms with Crippen molar-refractivity contribution in [2.24, 2.45) is 18.7 Å². The molecule has 2 aliphatic rings. The molecule has 1 aliphatic heterocycles. The normalized spacial score (nSPS) is 20.1. The topological polar surface area (TPSA) is 127 Å². The Labute approximate surface area is 266 Å². The largest absolute Gasteiger partial charge is 0.490 e. The molecule has 238 valence electrons. The minimum absolute atomic E-state index is 0.0136. The van der Waals surface area contributed by atoms with Crippen molar-refractivity contribution in [3.8, 4) is 17.5 Å². The van der Waals surface area contributed by atoms with Gasteiger partial charge in [-0.1, -0.05) is 35.9 Å². The summed E-state index contributed by atoms with van der Waals surface area (Å²) in [6, 6.07) is 14.8. The van der Waals surface area contributed by atoms with Crippen LogP contribution < -0.4 is 25.7 Å². The van der Waals surface area contributed by atoms with Crippen LogP contribution in [0.1, 0.15) is 52.0 Å². The molecule has 4 aromatic rings. The Hall–Kier alpha value is -4.09. The number of piperidine rings is 1. The highest BCUT2D eigenvalue weighted by Crippen LogP contribution is 2.35. The number of ether oxygens (including phenoxy) is 3. The Morgan fingerprint density at radius 3 is 2.58 bits per heavy atom. The first-order valence-corrected chi connectivity index (χ1v) is 15.7. The van der Waals surface area contributed by atoms with Crippen LogP contribution >= 0.6 is 11.6 Å². The highest BCUT2D eigenvalue weighted by Gasteiger charge is 2.38. The van der Waals surface area contributed by atoms with Gasteiger partial charge < -0.3 is 24.8 Å². The van der Waals surface area contributed by atoms with Gasteiger partial charge in [0.25, 0.3) is 5.56 Å². The number of esters is 1. The van der Waals surface area contributed by atoms with E-state index in [0.717, 1.165) is 24.9 Å². The third-order valence-corrected chi connectivity index (χ3v) is 8.47. The van der Waals surface area contributed by atoms with Gasteiger partial charge in [0.05, 0.1) is 12.5 Å². The van der Waals surface area contributed by atoms with Crippen molar-refractivity contribution in [2.75, 3.05) is 18.0 Å². The summed E-state index contributed by atoms with van der Waals surface area (Å²) in [7, 11) is 1.62. The van der Waals surface area contributed by atoms with Crippen LogP contribution in [0.2, 0.25) is 5.02 Å². The van der Waals surface area contributed by atoms with Crippen LogP contribution in [0.4, 0.5) is 5.95 Å². The summed E-state index contributed by atoms with van der Waals surface area (Å²) in [5.74, 6) is 1.32. The molecule has 6 rings (SSSR count). The van der Waals surface area contributed by atoms with Gasteiger partial charge in [0.2, 0.25) is 5.95 Å². The minimum atomic E-state index is -0.512. The van der Waals surface area contributed by atoms with Crippen molar-refractivity contribution < 1.29 is 19.0 Å². The van der Waals surface area contributed by atoms with E-state index in [9.17, 15) is 9.59 Å². The van der Waals surface area contributed by atoms with E-state index in [-0.39, 0.29) is 41.2 Å². The van der Waals surface area contributed by atoms with Gasteiger partial charge in [-0.25, -0.2) is 0 Å². The molecule has 1 atom stereocenters. The van der Waals surface area contributed by atoms with Gasteiger partial charge in [0.1, 0.15) is 23.2 Å². The Morgan fingerprint density at radius 1 is 1.09 bits per heavy atom. The van der Waals surface area contributed by atoms with E-state index in [1.165, 1.54) is 4.57 Å². The fraction of sp³-hybridized carbons (Fsp3) is 0.455. The van der Waals surface area contributed by atoms with E-state index < -0.39 is 5.60 Å². The number of aromatic nitrogens is 4. The molecule has 1 saturated heterocycles. The van der Waals surface area contributed by atoms with Gasteiger partial charge in [-0.2, -0.15) is 9.97 Å². The predicted molar refractivity (Wildman–Crippen MR) is 172 cm³/mol. The molecule has 2 N–H and O–H groups in total. The fourth-order valence-corrected chi connectivity index (χ4v) is 5.94. The Balaban J connectivity index is 1.25. The van der Waals surface area contributed by atoms with E-state index in [1.807, 2.05) is 55.7 Å². The maximum absolute atomic E-state index is 13.9. The second kappa shape index (κ2) is 12.4. The van der Waals surface area contributed by atoms with Gasteiger partial charge in [0, 0.05) is 37.3 Å². The number of hydrogen-bond acceptors (Lipinski definition) is 9. The third-order valence-electron chi connectivity index (χ3n) is 8.10. The zero-order chi connectivity index (χ0) is 31.9. The second-order valence-corrected chi connectivity index (χ2v) is 13.3. The number of carbonyl (C=O) groups excluding carboxylic acids is 1. The highest BCUT2D eigenvalue weighted by atomic mass is 35.5. The molecule has 45 heavy (non-hydrogen) atoms. The SMILES string of the molecule is Cn1c(Oc2cccc(OC3CC(C(=O)OC(C)(C)C)C3)c2)nc2nc(N3CCC[C@@H](N)C3)n(Cc3ccccc3Cl)c2c1=O. The minimum Gasteiger partial charge on any atom is -0.490 e. The number of hydrogen-bond donors (Lipinski definition) is 1. The van der Waals surface area contributed by atoms with Crippen LogP contribution in [-0.2, 0) is 23.1 Å². The zero-order valence-electron chi connectivity index (χ0n) is 26.0. The molecule has 0 spiro atoms. The molecule has 0 bridgehead atoms. The maximum atomic E-state index is 13.9. The maximum Gasteiger partial charge on any atom is 0.309 e. The van der Waals surface area contributed by atoms with Gasteiger partial charge >= 0.3 is 12.0 Å². The molecule has 2 aromatic heterocycles. The monoisotopic (exact) mass is 634 g/mol. The zero-order valence-corrected chi connectivity index (χ0v) is 26.8. The summed E-state index contributed by atoms with van der Waals surface area (Å²) < 4.78 is 21.0. The molecule has 0 amide bonds. The van der Waals surface area contributed by atoms with Gasteiger partial charge in [-0.3, -0.25) is 18.7 Å². The number of fused-ring (bicyclic) bond motifs is 1. The molecule has 2 fully saturated rings. The van der Waals surface area contributed by atoms with Crippen molar-refractivity contribution in [1.29, 1.82) is 0 Å². The average molecular weight is 635 g/mol. The summed E-state index contributed by atoms with van der Waals surface area (Å²) in [5, 5.41) is 0.606. The smallest absolute Gasteiger partial charge is 0.309 e. The average Bonchev–Trinajstić information content (AvgIpc) is 3.31. The predicted octanol–water partition coefficient (Wildman–Crippen LogP) is 5.05. The summed E-state index contributed by atoms with van der Waals surface area (Å²) >= 11 is 6.52. The summed E-state index contributed by atoms with van der Waals surface area (Å²) in [6.07, 6.45) is 2.95. The number of imidazole rings is 1. The van der Waals surface area contributed by atoms with Crippen LogP contribution in [0.25, 0.3) is 11.2 Å². The van der Waals surface area contributed by atoms with E-state index in [2.05, 4.69) is 4.90 Å². The molecule has 1 aliphatic carbocycles. The van der Waals surface area contributed by atoms with Gasteiger partial charge in [-0.15, -0.1) is 0 Å². The number of anilines is 1. The molecular formula is C33H39ClN6O5. The Kier molecular flexibility index (Phi) is 8.49. The lowest BCUT2D eigenvalue weighted by atomic mass is 9.82. The number of nitrogens with two attached hydrogens (primary N) is 1. The van der Waals surface area contributed by atoms with Crippen LogP contribution in [0.3, 0.4) is 0 Å². The number of carbonyl (C=O) groups is 1. The van der Waals surface area contributed by atoms with Gasteiger partial charge in [-0.05, 0) is 70.2 Å². The lowest BCUT2D eigenvalue weighted by Crippen LogP contribution is -2.44. The van der Waals surface area contributed by atoms with E-state index in [4.69, 9.17) is 41.5 Å². The number of halogens is 1. The fourth-order valence-electron chi connectivity index (χ4n) is 5.75. The number of nitrogens with zero attached hydrogens (tertiary/aromatic N) is 5. The third kappa shape index (κ3) is 6.79. The van der Waals surface area contributed by atoms with E-state index in [1.54, 1.807) is 25.2 Å². The van der Waals surface area contributed by atoms with Crippen molar-refractivity contribution in [3.05, 3.63) is 69.5 Å².